The molecule has 0 saturated heterocycles. The maximum absolute atomic E-state index is 12.2. The fourth-order valence-corrected chi connectivity index (χ4v) is 1.66. The Hall–Kier alpha value is -1.13. The van der Waals surface area contributed by atoms with Gasteiger partial charge < -0.3 is 10.0 Å². The monoisotopic (exact) mass is 256 g/mol. The van der Waals surface area contributed by atoms with Gasteiger partial charge in [0.2, 0.25) is 0 Å². The molecule has 1 N–H and O–H groups in total. The number of hydrogen-bond donors (Lipinski definition) is 1. The number of aliphatic hydroxyl groups excluding tert-OH is 1. The van der Waals surface area contributed by atoms with Gasteiger partial charge in [-0.1, -0.05) is 11.6 Å². The third kappa shape index (κ3) is 3.98. The molecule has 0 aliphatic carbocycles. The number of rotatable bonds is 5. The molecule has 94 valence electrons. The molecule has 0 aliphatic heterocycles. The van der Waals surface area contributed by atoms with Crippen LogP contribution < -0.4 is 0 Å². The van der Waals surface area contributed by atoms with Gasteiger partial charge in [0, 0.05) is 30.4 Å². The normalized spacial score (nSPS) is 10.6. The van der Waals surface area contributed by atoms with Gasteiger partial charge in [-0.05, 0) is 32.4 Å². The molecule has 0 unspecified atom stereocenters. The fourth-order valence-electron chi connectivity index (χ4n) is 1.50. The van der Waals surface area contributed by atoms with Crippen LogP contribution in [0.15, 0.2) is 18.3 Å². The highest BCUT2D eigenvalue weighted by molar-refractivity contribution is 6.30. The van der Waals surface area contributed by atoms with Gasteiger partial charge in [0.25, 0.3) is 5.91 Å². The van der Waals surface area contributed by atoms with Crippen LogP contribution in [0.4, 0.5) is 0 Å². The summed E-state index contributed by atoms with van der Waals surface area (Å²) in [6, 6.07) is 3.25. The summed E-state index contributed by atoms with van der Waals surface area (Å²) >= 11 is 5.83. The van der Waals surface area contributed by atoms with E-state index >= 15 is 0 Å². The molecule has 0 spiro atoms. The van der Waals surface area contributed by atoms with Crippen LogP contribution in [-0.2, 0) is 0 Å². The molecule has 1 aromatic rings. The Balaban J connectivity index is 2.84. The summed E-state index contributed by atoms with van der Waals surface area (Å²) in [4.78, 5) is 17.9. The van der Waals surface area contributed by atoms with Crippen LogP contribution in [0.5, 0.6) is 0 Å². The maximum atomic E-state index is 12.2. The average molecular weight is 257 g/mol. The Morgan fingerprint density at radius 3 is 2.82 bits per heavy atom. The average Bonchev–Trinajstić information content (AvgIpc) is 2.29. The quantitative estimate of drug-likeness (QED) is 0.876. The lowest BCUT2D eigenvalue weighted by Crippen LogP contribution is -2.38. The highest BCUT2D eigenvalue weighted by Gasteiger charge is 2.19. The van der Waals surface area contributed by atoms with Crippen molar-refractivity contribution in [1.29, 1.82) is 0 Å². The summed E-state index contributed by atoms with van der Waals surface area (Å²) in [6.45, 7) is 4.44. The number of aliphatic hydroxyl groups is 1. The summed E-state index contributed by atoms with van der Waals surface area (Å²) < 4.78 is 0. The van der Waals surface area contributed by atoms with Crippen molar-refractivity contribution in [2.75, 3.05) is 13.2 Å². The molecule has 0 radical (unpaired) electrons. The minimum absolute atomic E-state index is 0.0647. The van der Waals surface area contributed by atoms with Crippen molar-refractivity contribution < 1.29 is 9.90 Å². The Morgan fingerprint density at radius 2 is 2.29 bits per heavy atom. The van der Waals surface area contributed by atoms with Crippen LogP contribution in [0, 0.1) is 0 Å². The predicted molar refractivity (Wildman–Crippen MR) is 67.1 cm³/mol. The Morgan fingerprint density at radius 1 is 1.59 bits per heavy atom. The molecule has 0 aliphatic rings. The van der Waals surface area contributed by atoms with E-state index in [9.17, 15) is 4.79 Å². The molecular formula is C12H17ClN2O2. The van der Waals surface area contributed by atoms with Crippen LogP contribution >= 0.6 is 11.6 Å². The molecule has 1 heterocycles. The van der Waals surface area contributed by atoms with E-state index in [0.717, 1.165) is 0 Å². The Kier molecular flexibility index (Phi) is 5.38. The molecule has 0 fully saturated rings. The zero-order valence-electron chi connectivity index (χ0n) is 10.1. The van der Waals surface area contributed by atoms with E-state index in [1.807, 2.05) is 13.8 Å². The minimum atomic E-state index is -0.157. The fraction of sp³-hybridized carbons (Fsp3) is 0.500. The smallest absolute Gasteiger partial charge is 0.272 e. The third-order valence-corrected chi connectivity index (χ3v) is 2.62. The molecule has 0 atom stereocenters. The molecular weight excluding hydrogens is 240 g/mol. The van der Waals surface area contributed by atoms with Crippen molar-refractivity contribution in [3.8, 4) is 0 Å². The first-order valence-corrected chi connectivity index (χ1v) is 5.97. The van der Waals surface area contributed by atoms with E-state index in [-0.39, 0.29) is 18.6 Å². The first kappa shape index (κ1) is 13.9. The first-order chi connectivity index (χ1) is 8.06. The molecule has 1 rings (SSSR count). The van der Waals surface area contributed by atoms with Crippen LogP contribution in [-0.4, -0.2) is 40.1 Å². The highest BCUT2D eigenvalue weighted by Crippen LogP contribution is 2.12. The van der Waals surface area contributed by atoms with Crippen molar-refractivity contribution in [1.82, 2.24) is 9.88 Å². The topological polar surface area (TPSA) is 53.4 Å². The second-order valence-electron chi connectivity index (χ2n) is 4.03. The summed E-state index contributed by atoms with van der Waals surface area (Å²) in [5.74, 6) is -0.157. The second-order valence-corrected chi connectivity index (χ2v) is 4.47. The van der Waals surface area contributed by atoms with Crippen molar-refractivity contribution in [3.63, 3.8) is 0 Å². The zero-order chi connectivity index (χ0) is 12.8. The number of halogens is 1. The van der Waals surface area contributed by atoms with Gasteiger partial charge in [-0.25, -0.2) is 0 Å². The number of amides is 1. The second kappa shape index (κ2) is 6.57. The van der Waals surface area contributed by atoms with Crippen LogP contribution in [0.25, 0.3) is 0 Å². The number of hydrogen-bond acceptors (Lipinski definition) is 3. The lowest BCUT2D eigenvalue weighted by Gasteiger charge is -2.26. The lowest BCUT2D eigenvalue weighted by molar-refractivity contribution is 0.0687. The zero-order valence-corrected chi connectivity index (χ0v) is 10.8. The predicted octanol–water partition coefficient (Wildman–Crippen LogP) is 1.97. The van der Waals surface area contributed by atoms with Crippen LogP contribution in [0.3, 0.4) is 0 Å². The van der Waals surface area contributed by atoms with Crippen LogP contribution in [0.1, 0.15) is 30.8 Å². The van der Waals surface area contributed by atoms with Crippen molar-refractivity contribution >= 4 is 17.5 Å². The first-order valence-electron chi connectivity index (χ1n) is 5.59. The van der Waals surface area contributed by atoms with Crippen molar-refractivity contribution in [2.24, 2.45) is 0 Å². The number of carbonyl (C=O) groups excluding carboxylic acids is 1. The van der Waals surface area contributed by atoms with Gasteiger partial charge in [-0.15, -0.1) is 0 Å². The number of carbonyl (C=O) groups is 1. The standard InChI is InChI=1S/C12H17ClN2O2/c1-9(2)15(6-3-7-16)12(17)11-8-10(13)4-5-14-11/h4-5,8-9,16H,3,6-7H2,1-2H3. The molecule has 0 aromatic carbocycles. The van der Waals surface area contributed by atoms with Gasteiger partial charge in [0.05, 0.1) is 0 Å². The van der Waals surface area contributed by atoms with E-state index in [1.165, 1.54) is 6.20 Å². The Labute approximate surface area is 106 Å². The van der Waals surface area contributed by atoms with Crippen molar-refractivity contribution in [2.45, 2.75) is 26.3 Å². The molecule has 4 nitrogen and oxygen atoms in total. The van der Waals surface area contributed by atoms with E-state index in [0.29, 0.717) is 23.7 Å². The van der Waals surface area contributed by atoms with E-state index in [2.05, 4.69) is 4.98 Å². The van der Waals surface area contributed by atoms with Crippen molar-refractivity contribution in [3.05, 3.63) is 29.0 Å². The number of aromatic nitrogens is 1. The summed E-state index contributed by atoms with van der Waals surface area (Å²) in [7, 11) is 0. The molecule has 0 saturated carbocycles. The van der Waals surface area contributed by atoms with Gasteiger partial charge in [-0.3, -0.25) is 9.78 Å². The van der Waals surface area contributed by atoms with Gasteiger partial charge in [0.15, 0.2) is 0 Å². The maximum Gasteiger partial charge on any atom is 0.272 e. The minimum Gasteiger partial charge on any atom is -0.396 e. The third-order valence-electron chi connectivity index (χ3n) is 2.38. The molecule has 0 bridgehead atoms. The van der Waals surface area contributed by atoms with Gasteiger partial charge in [0.1, 0.15) is 5.69 Å². The summed E-state index contributed by atoms with van der Waals surface area (Å²) in [5.41, 5.74) is 0.337. The molecule has 1 aromatic heterocycles. The largest absolute Gasteiger partial charge is 0.396 e. The molecule has 1 amide bonds. The summed E-state index contributed by atoms with van der Waals surface area (Å²) in [5, 5.41) is 9.31. The Bertz CT molecular complexity index is 383. The molecule has 17 heavy (non-hydrogen) atoms. The van der Waals surface area contributed by atoms with E-state index in [4.69, 9.17) is 16.7 Å². The lowest BCUT2D eigenvalue weighted by atomic mass is 10.2. The van der Waals surface area contributed by atoms with Crippen LogP contribution in [0.2, 0.25) is 5.02 Å². The molecule has 5 heteroatoms. The van der Waals surface area contributed by atoms with Gasteiger partial charge >= 0.3 is 0 Å². The highest BCUT2D eigenvalue weighted by atomic mass is 35.5. The number of pyridine rings is 1. The van der Waals surface area contributed by atoms with Gasteiger partial charge in [-0.2, -0.15) is 0 Å². The number of nitrogens with zero attached hydrogens (tertiary/aromatic N) is 2. The summed E-state index contributed by atoms with van der Waals surface area (Å²) in [6.07, 6.45) is 2.07. The van der Waals surface area contributed by atoms with E-state index in [1.54, 1.807) is 17.0 Å². The van der Waals surface area contributed by atoms with E-state index < -0.39 is 0 Å². The SMILES string of the molecule is CC(C)N(CCCO)C(=O)c1cc(Cl)ccn1.